The average molecular weight is 235 g/mol. The average Bonchev–Trinajstić information content (AvgIpc) is 2.90. The van der Waals surface area contributed by atoms with Crippen molar-refractivity contribution in [3.05, 3.63) is 24.3 Å². The summed E-state index contributed by atoms with van der Waals surface area (Å²) in [4.78, 5) is 10.5. The van der Waals surface area contributed by atoms with Crippen molar-refractivity contribution in [1.82, 2.24) is 14.9 Å². The first kappa shape index (κ1) is 11.1. The van der Waals surface area contributed by atoms with Crippen molar-refractivity contribution in [1.29, 1.82) is 0 Å². The fraction of sp³-hybridized carbons (Fsp3) is 0.667. The Morgan fingerprint density at radius 3 is 3.18 bits per heavy atom. The van der Waals surface area contributed by atoms with Crippen LogP contribution >= 0.6 is 0 Å². The second-order valence-corrected chi connectivity index (χ2v) is 4.90. The van der Waals surface area contributed by atoms with Crippen LogP contribution in [-0.2, 0) is 11.3 Å². The number of likely N-dealkylation sites (tertiary alicyclic amines) is 1. The lowest BCUT2D eigenvalue weighted by molar-refractivity contribution is -0.0593. The van der Waals surface area contributed by atoms with Crippen LogP contribution in [0.25, 0.3) is 0 Å². The van der Waals surface area contributed by atoms with Crippen LogP contribution in [0.15, 0.2) is 18.6 Å². The van der Waals surface area contributed by atoms with Crippen LogP contribution in [0.3, 0.4) is 0 Å². The Balaban J connectivity index is 1.67. The van der Waals surface area contributed by atoms with Crippen LogP contribution in [0.2, 0.25) is 0 Å². The van der Waals surface area contributed by atoms with Crippen molar-refractivity contribution in [3.63, 3.8) is 0 Å². The van der Waals surface area contributed by atoms with Gasteiger partial charge in [0.05, 0.1) is 11.8 Å². The summed E-state index contributed by atoms with van der Waals surface area (Å²) in [6, 6.07) is 0. The first-order valence-electron chi connectivity index (χ1n) is 6.08. The highest BCUT2D eigenvalue weighted by Crippen LogP contribution is 2.35. The normalized spacial score (nSPS) is 33.6. The molecule has 5 nitrogen and oxygen atoms in total. The Labute approximate surface area is 100 Å². The third-order valence-electron chi connectivity index (χ3n) is 3.67. The van der Waals surface area contributed by atoms with Gasteiger partial charge in [-0.3, -0.25) is 14.9 Å². The summed E-state index contributed by atoms with van der Waals surface area (Å²) in [5.41, 5.74) is 0.622. The Morgan fingerprint density at radius 1 is 1.53 bits per heavy atom. The minimum atomic E-state index is -0.373. The van der Waals surface area contributed by atoms with Gasteiger partial charge in [0.1, 0.15) is 5.60 Å². The van der Waals surface area contributed by atoms with Crippen molar-refractivity contribution in [2.75, 3.05) is 19.7 Å². The van der Waals surface area contributed by atoms with Gasteiger partial charge in [0, 0.05) is 44.8 Å². The number of nitrogens with zero attached hydrogens (tertiary/aromatic N) is 3. The molecule has 0 unspecified atom stereocenters. The first-order valence-corrected chi connectivity index (χ1v) is 6.08. The molecule has 3 heterocycles. The molecule has 2 aliphatic rings. The molecule has 0 aliphatic carbocycles. The molecule has 2 aliphatic heterocycles. The zero-order valence-electron chi connectivity index (χ0n) is 9.75. The van der Waals surface area contributed by atoms with Crippen molar-refractivity contribution in [3.8, 4) is 0 Å². The topological polar surface area (TPSA) is 58.5 Å². The van der Waals surface area contributed by atoms with Gasteiger partial charge >= 0.3 is 0 Å². The van der Waals surface area contributed by atoms with Crippen LogP contribution in [0.4, 0.5) is 0 Å². The summed E-state index contributed by atoms with van der Waals surface area (Å²) in [5, 5.41) is 10.1. The van der Waals surface area contributed by atoms with E-state index in [1.165, 1.54) is 0 Å². The third kappa shape index (κ3) is 2.06. The number of β-amino-alcohol motifs (C(OH)–C–C–N with tert-alkyl or cyclic N) is 1. The van der Waals surface area contributed by atoms with Gasteiger partial charge in [0.25, 0.3) is 0 Å². The van der Waals surface area contributed by atoms with E-state index in [1.807, 2.05) is 0 Å². The van der Waals surface area contributed by atoms with E-state index >= 15 is 0 Å². The Morgan fingerprint density at radius 2 is 2.47 bits per heavy atom. The second-order valence-electron chi connectivity index (χ2n) is 4.90. The molecular weight excluding hydrogens is 218 g/mol. The molecule has 1 spiro atoms. The van der Waals surface area contributed by atoms with Crippen molar-refractivity contribution in [2.45, 2.75) is 31.1 Å². The molecule has 3 rings (SSSR count). The molecule has 0 amide bonds. The summed E-state index contributed by atoms with van der Waals surface area (Å²) in [5.74, 6) is 0. The van der Waals surface area contributed by atoms with Crippen molar-refractivity contribution < 1.29 is 9.84 Å². The lowest BCUT2D eigenvalue weighted by atomic mass is 9.97. The van der Waals surface area contributed by atoms with Crippen LogP contribution in [0, 0.1) is 0 Å². The number of hydrogen-bond acceptors (Lipinski definition) is 5. The predicted octanol–water partition coefficient (Wildman–Crippen LogP) is 0.202. The van der Waals surface area contributed by atoms with E-state index < -0.39 is 0 Å². The quantitative estimate of drug-likeness (QED) is 0.793. The maximum atomic E-state index is 10.1. The molecule has 17 heavy (non-hydrogen) atoms. The van der Waals surface area contributed by atoms with Crippen molar-refractivity contribution >= 4 is 0 Å². The van der Waals surface area contributed by atoms with E-state index in [1.54, 1.807) is 18.6 Å². The molecular formula is C12H17N3O2. The number of aromatic nitrogens is 2. The fourth-order valence-corrected chi connectivity index (χ4v) is 2.83. The summed E-state index contributed by atoms with van der Waals surface area (Å²) < 4.78 is 5.75. The van der Waals surface area contributed by atoms with Crippen LogP contribution in [0.5, 0.6) is 0 Å². The van der Waals surface area contributed by atoms with Crippen LogP contribution < -0.4 is 0 Å². The molecule has 1 aromatic heterocycles. The van der Waals surface area contributed by atoms with Gasteiger partial charge in [-0.1, -0.05) is 0 Å². The molecule has 2 saturated heterocycles. The van der Waals surface area contributed by atoms with Crippen molar-refractivity contribution in [2.24, 2.45) is 0 Å². The Bertz CT molecular complexity index is 379. The van der Waals surface area contributed by atoms with Gasteiger partial charge in [0.15, 0.2) is 0 Å². The van der Waals surface area contributed by atoms with E-state index in [0.29, 0.717) is 6.54 Å². The molecule has 1 aromatic rings. The van der Waals surface area contributed by atoms with E-state index in [0.717, 1.165) is 38.2 Å². The number of ether oxygens (including phenoxy) is 1. The standard InChI is InChI=1S/C12H17N3O2/c16-11-8-15(7-10-6-13-3-4-14-10)9-12(11)2-1-5-17-12/h3-4,6,11,16H,1-2,5,7-9H2/t11-,12-/m0/s1. The summed E-state index contributed by atoms with van der Waals surface area (Å²) in [7, 11) is 0. The molecule has 0 aromatic carbocycles. The van der Waals surface area contributed by atoms with Gasteiger partial charge in [-0.2, -0.15) is 0 Å². The van der Waals surface area contributed by atoms with E-state index in [9.17, 15) is 5.11 Å². The Kier molecular flexibility index (Phi) is 2.82. The van der Waals surface area contributed by atoms with Crippen LogP contribution in [0.1, 0.15) is 18.5 Å². The zero-order chi connectivity index (χ0) is 11.7. The van der Waals surface area contributed by atoms with E-state index in [-0.39, 0.29) is 11.7 Å². The van der Waals surface area contributed by atoms with E-state index in [2.05, 4.69) is 14.9 Å². The maximum absolute atomic E-state index is 10.1. The highest BCUT2D eigenvalue weighted by molar-refractivity contribution is 5.04. The summed E-state index contributed by atoms with van der Waals surface area (Å²) in [6.45, 7) is 2.97. The van der Waals surface area contributed by atoms with Gasteiger partial charge < -0.3 is 9.84 Å². The maximum Gasteiger partial charge on any atom is 0.108 e. The highest BCUT2D eigenvalue weighted by atomic mass is 16.5. The Hall–Kier alpha value is -1.04. The highest BCUT2D eigenvalue weighted by Gasteiger charge is 2.48. The largest absolute Gasteiger partial charge is 0.389 e. The van der Waals surface area contributed by atoms with Gasteiger partial charge in [-0.15, -0.1) is 0 Å². The predicted molar refractivity (Wildman–Crippen MR) is 61.2 cm³/mol. The SMILES string of the molecule is O[C@H]1CN(Cc2cnccn2)C[C@@]12CCCO2. The molecule has 0 saturated carbocycles. The molecule has 0 bridgehead atoms. The van der Waals surface area contributed by atoms with Gasteiger partial charge in [0.2, 0.25) is 0 Å². The zero-order valence-corrected chi connectivity index (χ0v) is 9.75. The molecule has 1 N–H and O–H groups in total. The van der Waals surface area contributed by atoms with Crippen LogP contribution in [-0.4, -0.2) is 51.4 Å². The molecule has 0 radical (unpaired) electrons. The summed E-state index contributed by atoms with van der Waals surface area (Å²) >= 11 is 0. The summed E-state index contributed by atoms with van der Waals surface area (Å²) in [6.07, 6.45) is 6.78. The molecule has 5 heteroatoms. The molecule has 2 atom stereocenters. The second kappa shape index (κ2) is 4.33. The fourth-order valence-electron chi connectivity index (χ4n) is 2.83. The van der Waals surface area contributed by atoms with E-state index in [4.69, 9.17) is 4.74 Å². The smallest absolute Gasteiger partial charge is 0.108 e. The van der Waals surface area contributed by atoms with Gasteiger partial charge in [-0.05, 0) is 12.8 Å². The number of aliphatic hydroxyl groups is 1. The monoisotopic (exact) mass is 235 g/mol. The lowest BCUT2D eigenvalue weighted by Crippen LogP contribution is -2.40. The first-order chi connectivity index (χ1) is 8.28. The molecule has 2 fully saturated rings. The number of hydrogen-bond donors (Lipinski definition) is 1. The minimum Gasteiger partial charge on any atom is -0.389 e. The third-order valence-corrected chi connectivity index (χ3v) is 3.67. The molecule has 92 valence electrons. The number of rotatable bonds is 2. The van der Waals surface area contributed by atoms with Gasteiger partial charge in [-0.25, -0.2) is 0 Å². The lowest BCUT2D eigenvalue weighted by Gasteiger charge is -2.25. The number of aliphatic hydroxyl groups excluding tert-OH is 1. The minimum absolute atomic E-state index is 0.317.